The molecule has 7 nitrogen and oxygen atoms in total. The van der Waals surface area contributed by atoms with Crippen LogP contribution in [0.15, 0.2) is 62.3 Å². The van der Waals surface area contributed by atoms with E-state index >= 15 is 0 Å². The highest BCUT2D eigenvalue weighted by atomic mass is 79.9. The number of fused-ring (bicyclic) bond motifs is 1. The van der Waals surface area contributed by atoms with E-state index in [0.717, 1.165) is 5.56 Å². The maximum absolute atomic E-state index is 12.4. The molecule has 0 atom stereocenters. The molecule has 1 N–H and O–H groups in total. The summed E-state index contributed by atoms with van der Waals surface area (Å²) in [4.78, 5) is 29.2. The van der Waals surface area contributed by atoms with Gasteiger partial charge in [-0.05, 0) is 46.6 Å². The van der Waals surface area contributed by atoms with E-state index in [2.05, 4.69) is 36.4 Å². The molecular formula is C19H14BrN5O2S2. The van der Waals surface area contributed by atoms with Crippen molar-refractivity contribution in [1.29, 1.82) is 0 Å². The molecule has 10 heteroatoms. The van der Waals surface area contributed by atoms with Gasteiger partial charge in [0.2, 0.25) is 5.13 Å². The number of amides is 1. The van der Waals surface area contributed by atoms with Gasteiger partial charge < -0.3 is 0 Å². The zero-order valence-corrected chi connectivity index (χ0v) is 18.3. The summed E-state index contributed by atoms with van der Waals surface area (Å²) in [5.74, 6) is 0.219. The molecule has 4 rings (SSSR count). The Morgan fingerprint density at radius 1 is 1.24 bits per heavy atom. The van der Waals surface area contributed by atoms with Crippen LogP contribution in [0.3, 0.4) is 0 Å². The number of halogens is 1. The molecule has 29 heavy (non-hydrogen) atoms. The minimum absolute atomic E-state index is 0.118. The Morgan fingerprint density at radius 2 is 2.07 bits per heavy atom. The van der Waals surface area contributed by atoms with Gasteiger partial charge in [0.1, 0.15) is 5.65 Å². The highest BCUT2D eigenvalue weighted by Gasteiger charge is 2.13. The first-order valence-corrected chi connectivity index (χ1v) is 11.1. The van der Waals surface area contributed by atoms with Crippen LogP contribution in [0.5, 0.6) is 0 Å². The molecule has 0 fully saturated rings. The SMILES string of the molecule is Cc1ccc2nc(CSc3nnc(NC(=O)c4ccccc4Br)s3)cc(=O)n2c1. The number of rotatable bonds is 5. The third-order valence-electron chi connectivity index (χ3n) is 3.95. The number of aryl methyl sites for hydroxylation is 1. The first kappa shape index (κ1) is 19.7. The second kappa shape index (κ2) is 8.44. The number of carbonyl (C=O) groups is 1. The lowest BCUT2D eigenvalue weighted by Gasteiger charge is -2.04. The first-order chi connectivity index (χ1) is 14.0. The van der Waals surface area contributed by atoms with Crippen LogP contribution in [0, 0.1) is 6.92 Å². The second-order valence-corrected chi connectivity index (χ2v) is 9.17. The average Bonchev–Trinajstić information content (AvgIpc) is 3.14. The Kier molecular flexibility index (Phi) is 5.74. The molecule has 146 valence electrons. The molecule has 0 bridgehead atoms. The molecule has 0 aliphatic heterocycles. The number of nitrogens with one attached hydrogen (secondary N) is 1. The van der Waals surface area contributed by atoms with Crippen molar-refractivity contribution in [3.63, 3.8) is 0 Å². The van der Waals surface area contributed by atoms with Crippen molar-refractivity contribution in [3.8, 4) is 0 Å². The number of aromatic nitrogens is 4. The van der Waals surface area contributed by atoms with Crippen molar-refractivity contribution in [1.82, 2.24) is 19.6 Å². The number of pyridine rings is 1. The summed E-state index contributed by atoms with van der Waals surface area (Å²) in [7, 11) is 0. The summed E-state index contributed by atoms with van der Waals surface area (Å²) in [5, 5.41) is 11.3. The van der Waals surface area contributed by atoms with Crippen LogP contribution in [0.4, 0.5) is 5.13 Å². The Balaban J connectivity index is 1.44. The van der Waals surface area contributed by atoms with Crippen LogP contribution >= 0.6 is 39.0 Å². The van der Waals surface area contributed by atoms with Crippen LogP contribution in [0.25, 0.3) is 5.65 Å². The normalized spacial score (nSPS) is 11.0. The lowest BCUT2D eigenvalue weighted by Crippen LogP contribution is -2.15. The molecule has 4 aromatic rings. The standard InChI is InChI=1S/C19H14BrN5O2S2/c1-11-6-7-15-21-12(8-16(26)25(15)9-11)10-28-19-24-23-18(29-19)22-17(27)13-4-2-3-5-14(13)20/h2-9H,10H2,1H3,(H,22,23,27). The first-order valence-electron chi connectivity index (χ1n) is 8.51. The van der Waals surface area contributed by atoms with Gasteiger partial charge in [-0.1, -0.05) is 41.3 Å². The van der Waals surface area contributed by atoms with Crippen molar-refractivity contribution in [2.75, 3.05) is 5.32 Å². The maximum atomic E-state index is 12.4. The summed E-state index contributed by atoms with van der Waals surface area (Å²) in [6.07, 6.45) is 1.77. The lowest BCUT2D eigenvalue weighted by atomic mass is 10.2. The molecule has 0 unspecified atom stereocenters. The smallest absolute Gasteiger partial charge is 0.258 e. The van der Waals surface area contributed by atoms with E-state index in [-0.39, 0.29) is 11.5 Å². The van der Waals surface area contributed by atoms with Gasteiger partial charge in [-0.2, -0.15) is 0 Å². The number of hydrogen-bond acceptors (Lipinski definition) is 7. The number of nitrogens with zero attached hydrogens (tertiary/aromatic N) is 4. The fourth-order valence-electron chi connectivity index (χ4n) is 2.60. The summed E-state index contributed by atoms with van der Waals surface area (Å²) in [6.45, 7) is 1.93. The fraction of sp³-hybridized carbons (Fsp3) is 0.105. The predicted molar refractivity (Wildman–Crippen MR) is 118 cm³/mol. The van der Waals surface area contributed by atoms with E-state index in [9.17, 15) is 9.59 Å². The molecule has 0 radical (unpaired) electrons. The van der Waals surface area contributed by atoms with Gasteiger partial charge in [0.25, 0.3) is 11.5 Å². The van der Waals surface area contributed by atoms with Crippen LogP contribution in [-0.4, -0.2) is 25.5 Å². The zero-order chi connectivity index (χ0) is 20.4. The van der Waals surface area contributed by atoms with Crippen molar-refractivity contribution in [2.24, 2.45) is 0 Å². The third kappa shape index (κ3) is 4.55. The van der Waals surface area contributed by atoms with Crippen molar-refractivity contribution < 1.29 is 4.79 Å². The van der Waals surface area contributed by atoms with E-state index in [1.807, 2.05) is 25.1 Å². The van der Waals surface area contributed by atoms with Gasteiger partial charge in [0, 0.05) is 22.5 Å². The maximum Gasteiger partial charge on any atom is 0.258 e. The average molecular weight is 488 g/mol. The minimum atomic E-state index is -0.260. The highest BCUT2D eigenvalue weighted by molar-refractivity contribution is 9.10. The Hall–Kier alpha value is -2.56. The number of hydrogen-bond donors (Lipinski definition) is 1. The quantitative estimate of drug-likeness (QED) is 0.335. The van der Waals surface area contributed by atoms with E-state index < -0.39 is 0 Å². The van der Waals surface area contributed by atoms with Crippen LogP contribution in [0.2, 0.25) is 0 Å². The molecule has 0 aliphatic rings. The third-order valence-corrected chi connectivity index (χ3v) is 6.65. The van der Waals surface area contributed by atoms with Crippen molar-refractivity contribution >= 4 is 55.7 Å². The second-order valence-electron chi connectivity index (χ2n) is 6.12. The zero-order valence-electron chi connectivity index (χ0n) is 15.1. The van der Waals surface area contributed by atoms with Gasteiger partial charge in [-0.15, -0.1) is 10.2 Å². The Morgan fingerprint density at radius 3 is 2.90 bits per heavy atom. The van der Waals surface area contributed by atoms with Gasteiger partial charge in [-0.3, -0.25) is 19.3 Å². The van der Waals surface area contributed by atoms with E-state index in [1.165, 1.54) is 33.6 Å². The summed E-state index contributed by atoms with van der Waals surface area (Å²) >= 11 is 6.05. The number of thioether (sulfide) groups is 1. The van der Waals surface area contributed by atoms with Gasteiger partial charge in [-0.25, -0.2) is 4.98 Å². The molecular weight excluding hydrogens is 474 g/mol. The van der Waals surface area contributed by atoms with Gasteiger partial charge >= 0.3 is 0 Å². The van der Waals surface area contributed by atoms with Crippen LogP contribution in [0.1, 0.15) is 21.6 Å². The fourth-order valence-corrected chi connectivity index (χ4v) is 4.70. The van der Waals surface area contributed by atoms with Gasteiger partial charge in [0.05, 0.1) is 11.3 Å². The van der Waals surface area contributed by atoms with Crippen molar-refractivity contribution in [3.05, 3.63) is 80.3 Å². The minimum Gasteiger partial charge on any atom is -0.296 e. The highest BCUT2D eigenvalue weighted by Crippen LogP contribution is 2.28. The lowest BCUT2D eigenvalue weighted by molar-refractivity contribution is 0.102. The van der Waals surface area contributed by atoms with Crippen LogP contribution in [-0.2, 0) is 5.75 Å². The number of carbonyl (C=O) groups excluding carboxylic acids is 1. The topological polar surface area (TPSA) is 89.2 Å². The summed E-state index contributed by atoms with van der Waals surface area (Å²) in [5.41, 5.74) is 2.67. The number of benzene rings is 1. The molecule has 3 heterocycles. The monoisotopic (exact) mass is 487 g/mol. The Bertz CT molecular complexity index is 1270. The predicted octanol–water partition coefficient (Wildman–Crippen LogP) is 4.16. The van der Waals surface area contributed by atoms with Gasteiger partial charge in [0.15, 0.2) is 4.34 Å². The van der Waals surface area contributed by atoms with Crippen LogP contribution < -0.4 is 10.9 Å². The van der Waals surface area contributed by atoms with E-state index in [1.54, 1.807) is 24.4 Å². The van der Waals surface area contributed by atoms with E-state index in [0.29, 0.717) is 36.6 Å². The summed E-state index contributed by atoms with van der Waals surface area (Å²) < 4.78 is 2.92. The molecule has 0 saturated carbocycles. The molecule has 1 aromatic carbocycles. The largest absolute Gasteiger partial charge is 0.296 e. The molecule has 1 amide bonds. The van der Waals surface area contributed by atoms with Crippen molar-refractivity contribution in [2.45, 2.75) is 17.0 Å². The molecule has 0 aliphatic carbocycles. The van der Waals surface area contributed by atoms with E-state index in [4.69, 9.17) is 0 Å². The molecule has 3 aromatic heterocycles. The molecule has 0 saturated heterocycles. The molecule has 0 spiro atoms. The summed E-state index contributed by atoms with van der Waals surface area (Å²) in [6, 6.07) is 12.4. The number of anilines is 1. The Labute approximate surface area is 182 Å².